The monoisotopic (exact) mass is 360 g/mol. The molecule has 1 aliphatic carbocycles. The molecule has 1 fully saturated rings. The number of pyridine rings is 1. The topological polar surface area (TPSA) is 92.3 Å². The average Bonchev–Trinajstić information content (AvgIpc) is 2.98. The third-order valence-electron chi connectivity index (χ3n) is 5.09. The fourth-order valence-corrected chi connectivity index (χ4v) is 5.78. The molecule has 0 amide bonds. The minimum absolute atomic E-state index is 0.203. The van der Waals surface area contributed by atoms with Gasteiger partial charge < -0.3 is 14.7 Å². The van der Waals surface area contributed by atoms with Gasteiger partial charge in [-0.1, -0.05) is 6.92 Å². The van der Waals surface area contributed by atoms with Crippen molar-refractivity contribution in [1.82, 2.24) is 9.97 Å². The second-order valence-electron chi connectivity index (χ2n) is 7.02. The number of H-pyrrole nitrogens is 1. The summed E-state index contributed by atoms with van der Waals surface area (Å²) < 4.78 is 29.5. The van der Waals surface area contributed by atoms with Crippen LogP contribution in [0.5, 0.6) is 5.75 Å². The molecule has 2 N–H and O–H groups in total. The first-order valence-corrected chi connectivity index (χ1v) is 10.5. The van der Waals surface area contributed by atoms with Gasteiger partial charge in [0.2, 0.25) is 0 Å². The summed E-state index contributed by atoms with van der Waals surface area (Å²) in [6.45, 7) is 1.89. The third-order valence-corrected chi connectivity index (χ3v) is 7.10. The van der Waals surface area contributed by atoms with E-state index in [0.717, 1.165) is 35.0 Å². The molecule has 0 bridgehead atoms. The number of hydrogen-bond donors (Lipinski definition) is 2. The molecule has 1 aliphatic heterocycles. The summed E-state index contributed by atoms with van der Waals surface area (Å²) in [5.74, 6) is 3.32. The standard InChI is InChI=1S/C17H21BN2O4S/c1-2-5-25(22,23)10-11-6-12(7-11)14-8-18(21)24-15-9-20-17-13(16(14)15)3-4-19-17/h3-4,8-9,11-12,21H,2,5-7,10H2,1H3,(H,19,20). The van der Waals surface area contributed by atoms with E-state index in [2.05, 4.69) is 9.97 Å². The molecule has 4 rings (SSSR count). The summed E-state index contributed by atoms with van der Waals surface area (Å²) >= 11 is 0. The van der Waals surface area contributed by atoms with Crippen molar-refractivity contribution in [2.45, 2.75) is 26.2 Å². The maximum Gasteiger partial charge on any atom is 0.552 e. The second-order valence-corrected chi connectivity index (χ2v) is 9.25. The number of nitrogens with one attached hydrogen (secondary N) is 1. The number of aromatic amines is 1. The molecular formula is C17H21BN2O4S. The normalized spacial score (nSPS) is 23.0. The Hall–Kier alpha value is -1.80. The van der Waals surface area contributed by atoms with Crippen LogP contribution in [0, 0.1) is 11.8 Å². The SMILES string of the molecule is CCCS(=O)(=O)CC1CC(C2=CB(O)Oc3cnc4[nH]ccc4c32)C1. The Morgan fingerprint density at radius 2 is 2.24 bits per heavy atom. The Morgan fingerprint density at radius 1 is 1.44 bits per heavy atom. The number of allylic oxidation sites excluding steroid dienone is 1. The molecule has 2 aliphatic rings. The molecule has 2 aromatic rings. The first kappa shape index (κ1) is 16.7. The van der Waals surface area contributed by atoms with Crippen molar-refractivity contribution in [2.24, 2.45) is 11.8 Å². The molecular weight excluding hydrogens is 339 g/mol. The van der Waals surface area contributed by atoms with E-state index in [0.29, 0.717) is 12.2 Å². The number of hydrogen-bond acceptors (Lipinski definition) is 5. The largest absolute Gasteiger partial charge is 0.552 e. The highest BCUT2D eigenvalue weighted by Gasteiger charge is 2.38. The fourth-order valence-electron chi connectivity index (χ4n) is 4.00. The number of nitrogens with zero attached hydrogens (tertiary/aromatic N) is 1. The zero-order valence-corrected chi connectivity index (χ0v) is 14.9. The first-order valence-electron chi connectivity index (χ1n) is 8.70. The molecule has 0 aromatic carbocycles. The van der Waals surface area contributed by atoms with Crippen LogP contribution >= 0.6 is 0 Å². The van der Waals surface area contributed by atoms with E-state index < -0.39 is 17.0 Å². The van der Waals surface area contributed by atoms with Gasteiger partial charge in [0.15, 0.2) is 9.84 Å². The minimum atomic E-state index is -2.95. The average molecular weight is 360 g/mol. The van der Waals surface area contributed by atoms with Gasteiger partial charge >= 0.3 is 7.12 Å². The number of aromatic nitrogens is 2. The number of fused-ring (bicyclic) bond motifs is 3. The third kappa shape index (κ3) is 3.09. The smallest absolute Gasteiger partial charge is 0.531 e. The molecule has 8 heteroatoms. The Morgan fingerprint density at radius 3 is 3.00 bits per heavy atom. The predicted octanol–water partition coefficient (Wildman–Crippen LogP) is 2.21. The highest BCUT2D eigenvalue weighted by molar-refractivity contribution is 7.91. The van der Waals surface area contributed by atoms with Crippen LogP contribution < -0.4 is 4.65 Å². The van der Waals surface area contributed by atoms with Gasteiger partial charge in [0.1, 0.15) is 11.4 Å². The molecule has 1 saturated carbocycles. The summed E-state index contributed by atoms with van der Waals surface area (Å²) in [6, 6.07) is 1.96. The van der Waals surface area contributed by atoms with Crippen LogP contribution in [0.15, 0.2) is 24.4 Å². The molecule has 6 nitrogen and oxygen atoms in total. The lowest BCUT2D eigenvalue weighted by Crippen LogP contribution is -2.34. The summed E-state index contributed by atoms with van der Waals surface area (Å²) in [4.78, 5) is 7.41. The van der Waals surface area contributed by atoms with E-state index >= 15 is 0 Å². The van der Waals surface area contributed by atoms with E-state index in [1.54, 1.807) is 12.2 Å². The van der Waals surface area contributed by atoms with Crippen molar-refractivity contribution in [1.29, 1.82) is 0 Å². The number of rotatable bonds is 5. The highest BCUT2D eigenvalue weighted by Crippen LogP contribution is 2.48. The highest BCUT2D eigenvalue weighted by atomic mass is 32.2. The Balaban J connectivity index is 1.57. The van der Waals surface area contributed by atoms with Crippen LogP contribution in [0.4, 0.5) is 0 Å². The zero-order valence-electron chi connectivity index (χ0n) is 14.1. The summed E-state index contributed by atoms with van der Waals surface area (Å²) in [5.41, 5.74) is 2.80. The molecule has 0 atom stereocenters. The van der Waals surface area contributed by atoms with Gasteiger partial charge in [0.25, 0.3) is 0 Å². The van der Waals surface area contributed by atoms with E-state index in [1.165, 1.54) is 0 Å². The van der Waals surface area contributed by atoms with Gasteiger partial charge in [-0.15, -0.1) is 0 Å². The van der Waals surface area contributed by atoms with Crippen molar-refractivity contribution in [3.63, 3.8) is 0 Å². The van der Waals surface area contributed by atoms with Crippen LogP contribution in [-0.4, -0.2) is 42.0 Å². The van der Waals surface area contributed by atoms with Gasteiger partial charge in [-0.3, -0.25) is 0 Å². The van der Waals surface area contributed by atoms with Gasteiger partial charge in [-0.2, -0.15) is 0 Å². The molecule has 0 unspecified atom stereocenters. The van der Waals surface area contributed by atoms with Crippen LogP contribution in [0.1, 0.15) is 31.7 Å². The molecule has 0 radical (unpaired) electrons. The van der Waals surface area contributed by atoms with Crippen LogP contribution in [0.25, 0.3) is 16.6 Å². The quantitative estimate of drug-likeness (QED) is 0.798. The maximum absolute atomic E-state index is 12.0. The summed E-state index contributed by atoms with van der Waals surface area (Å²) in [6.07, 6.45) is 5.79. The van der Waals surface area contributed by atoms with Crippen molar-refractivity contribution < 1.29 is 18.1 Å². The zero-order chi connectivity index (χ0) is 17.6. The van der Waals surface area contributed by atoms with Crippen molar-refractivity contribution in [3.05, 3.63) is 30.0 Å². The maximum atomic E-state index is 12.0. The predicted molar refractivity (Wildman–Crippen MR) is 97.8 cm³/mol. The fraction of sp³-hybridized carbons (Fsp3) is 0.471. The molecule has 0 saturated heterocycles. The van der Waals surface area contributed by atoms with Gasteiger partial charge in [-0.25, -0.2) is 13.4 Å². The molecule has 132 valence electrons. The summed E-state index contributed by atoms with van der Waals surface area (Å²) in [5, 5.41) is 11.0. The van der Waals surface area contributed by atoms with Gasteiger partial charge in [-0.05, 0) is 48.7 Å². The lowest BCUT2D eigenvalue weighted by molar-refractivity contribution is 0.273. The molecule has 25 heavy (non-hydrogen) atoms. The Labute approximate surface area is 147 Å². The Kier molecular flexibility index (Phi) is 4.12. The van der Waals surface area contributed by atoms with E-state index in [4.69, 9.17) is 4.65 Å². The van der Waals surface area contributed by atoms with Gasteiger partial charge in [0.05, 0.1) is 11.9 Å². The van der Waals surface area contributed by atoms with Crippen molar-refractivity contribution in [2.75, 3.05) is 11.5 Å². The lowest BCUT2D eigenvalue weighted by Gasteiger charge is -2.38. The number of sulfone groups is 1. The lowest BCUT2D eigenvalue weighted by atomic mass is 9.66. The minimum Gasteiger partial charge on any atom is -0.531 e. The Bertz CT molecular complexity index is 931. The second kappa shape index (κ2) is 6.18. The van der Waals surface area contributed by atoms with E-state index in [9.17, 15) is 13.4 Å². The van der Waals surface area contributed by atoms with Crippen LogP contribution in [0.3, 0.4) is 0 Å². The van der Waals surface area contributed by atoms with Gasteiger partial charge in [0, 0.05) is 22.9 Å². The molecule has 0 spiro atoms. The first-order chi connectivity index (χ1) is 12.0. The molecule has 3 heterocycles. The van der Waals surface area contributed by atoms with Crippen molar-refractivity contribution in [3.8, 4) is 5.75 Å². The summed E-state index contributed by atoms with van der Waals surface area (Å²) in [7, 11) is -3.93. The van der Waals surface area contributed by atoms with E-state index in [1.807, 2.05) is 19.2 Å². The van der Waals surface area contributed by atoms with Crippen molar-refractivity contribution >= 4 is 33.6 Å². The van der Waals surface area contributed by atoms with Crippen LogP contribution in [0.2, 0.25) is 0 Å². The van der Waals surface area contributed by atoms with E-state index in [-0.39, 0.29) is 23.3 Å². The molecule has 2 aromatic heterocycles. The van der Waals surface area contributed by atoms with Crippen LogP contribution in [-0.2, 0) is 9.84 Å².